The number of rotatable bonds is 4. The highest BCUT2D eigenvalue weighted by Crippen LogP contribution is 2.18. The first-order valence-electron chi connectivity index (χ1n) is 6.82. The minimum atomic E-state index is -0.685. The van der Waals surface area contributed by atoms with E-state index >= 15 is 0 Å². The fraction of sp³-hybridized carbons (Fsp3) is 0.538. The van der Waals surface area contributed by atoms with Gasteiger partial charge in [0.25, 0.3) is 0 Å². The SMILES string of the molecule is CCc1nc(C)c(CNC(=O)[C@H]2CCC(=O)NC(=O)N2)s1. The van der Waals surface area contributed by atoms with Crippen LogP contribution in [0.15, 0.2) is 0 Å². The molecule has 0 aliphatic carbocycles. The molecule has 21 heavy (non-hydrogen) atoms. The van der Waals surface area contributed by atoms with Gasteiger partial charge in [-0.05, 0) is 19.8 Å². The van der Waals surface area contributed by atoms with E-state index in [9.17, 15) is 14.4 Å². The lowest BCUT2D eigenvalue weighted by Gasteiger charge is -2.14. The number of hydrogen-bond donors (Lipinski definition) is 3. The number of nitrogens with zero attached hydrogens (tertiary/aromatic N) is 1. The lowest BCUT2D eigenvalue weighted by molar-refractivity contribution is -0.123. The van der Waals surface area contributed by atoms with Crippen molar-refractivity contribution in [1.82, 2.24) is 20.9 Å². The molecule has 1 saturated heterocycles. The highest BCUT2D eigenvalue weighted by atomic mass is 32.1. The summed E-state index contributed by atoms with van der Waals surface area (Å²) in [6.07, 6.45) is 1.31. The van der Waals surface area contributed by atoms with E-state index in [1.54, 1.807) is 11.3 Å². The van der Waals surface area contributed by atoms with Crippen LogP contribution in [0.3, 0.4) is 0 Å². The lowest BCUT2D eigenvalue weighted by atomic mass is 10.1. The number of carbonyl (C=O) groups excluding carboxylic acids is 3. The summed E-state index contributed by atoms with van der Waals surface area (Å²) in [6, 6.07) is -1.31. The molecular weight excluding hydrogens is 292 g/mol. The molecule has 114 valence electrons. The second kappa shape index (κ2) is 6.66. The molecule has 1 fully saturated rings. The Bertz CT molecular complexity index is 570. The molecule has 1 aromatic heterocycles. The molecule has 0 spiro atoms. The highest BCUT2D eigenvalue weighted by Gasteiger charge is 2.26. The topological polar surface area (TPSA) is 100 Å². The molecule has 2 heterocycles. The Morgan fingerprint density at radius 1 is 1.48 bits per heavy atom. The van der Waals surface area contributed by atoms with Gasteiger partial charge >= 0.3 is 6.03 Å². The van der Waals surface area contributed by atoms with Gasteiger partial charge in [0.15, 0.2) is 0 Å². The van der Waals surface area contributed by atoms with E-state index in [-0.39, 0.29) is 18.2 Å². The Kier molecular flexibility index (Phi) is 4.89. The molecule has 3 N–H and O–H groups in total. The Morgan fingerprint density at radius 3 is 2.90 bits per heavy atom. The maximum atomic E-state index is 12.1. The molecule has 8 heteroatoms. The normalized spacial score (nSPS) is 18.7. The largest absolute Gasteiger partial charge is 0.349 e. The van der Waals surface area contributed by atoms with Gasteiger partial charge in [-0.3, -0.25) is 14.9 Å². The second-order valence-electron chi connectivity index (χ2n) is 4.80. The molecule has 1 aliphatic heterocycles. The quantitative estimate of drug-likeness (QED) is 0.759. The number of imide groups is 1. The summed E-state index contributed by atoms with van der Waals surface area (Å²) >= 11 is 1.57. The van der Waals surface area contributed by atoms with E-state index < -0.39 is 12.1 Å². The maximum absolute atomic E-state index is 12.1. The Morgan fingerprint density at radius 2 is 2.24 bits per heavy atom. The summed E-state index contributed by atoms with van der Waals surface area (Å²) in [4.78, 5) is 40.1. The van der Waals surface area contributed by atoms with E-state index in [0.717, 1.165) is 22.0 Å². The van der Waals surface area contributed by atoms with Crippen LogP contribution >= 0.6 is 11.3 Å². The third kappa shape index (κ3) is 4.01. The fourth-order valence-corrected chi connectivity index (χ4v) is 2.97. The van der Waals surface area contributed by atoms with E-state index in [4.69, 9.17) is 0 Å². The first-order chi connectivity index (χ1) is 9.99. The van der Waals surface area contributed by atoms with Crippen LogP contribution in [-0.4, -0.2) is 28.9 Å². The van der Waals surface area contributed by atoms with E-state index in [1.807, 2.05) is 13.8 Å². The summed E-state index contributed by atoms with van der Waals surface area (Å²) < 4.78 is 0. The molecule has 0 aromatic carbocycles. The minimum Gasteiger partial charge on any atom is -0.349 e. The average molecular weight is 310 g/mol. The average Bonchev–Trinajstić information content (AvgIpc) is 2.71. The maximum Gasteiger partial charge on any atom is 0.322 e. The van der Waals surface area contributed by atoms with Crippen molar-refractivity contribution in [2.75, 3.05) is 0 Å². The Hall–Kier alpha value is -1.96. The number of aryl methyl sites for hydroxylation is 2. The van der Waals surface area contributed by atoms with Gasteiger partial charge in [0, 0.05) is 11.3 Å². The van der Waals surface area contributed by atoms with Crippen LogP contribution in [0, 0.1) is 6.92 Å². The third-order valence-electron chi connectivity index (χ3n) is 3.20. The number of hydrogen-bond acceptors (Lipinski definition) is 5. The van der Waals surface area contributed by atoms with Gasteiger partial charge in [0.05, 0.1) is 17.2 Å². The molecule has 0 unspecified atom stereocenters. The van der Waals surface area contributed by atoms with Crippen molar-refractivity contribution < 1.29 is 14.4 Å². The van der Waals surface area contributed by atoms with Crippen molar-refractivity contribution >= 4 is 29.2 Å². The van der Waals surface area contributed by atoms with Gasteiger partial charge in [-0.25, -0.2) is 9.78 Å². The summed E-state index contributed by atoms with van der Waals surface area (Å²) in [5.74, 6) is -0.653. The van der Waals surface area contributed by atoms with E-state index in [1.165, 1.54) is 0 Å². The van der Waals surface area contributed by atoms with Crippen LogP contribution in [-0.2, 0) is 22.6 Å². The molecule has 0 bridgehead atoms. The molecule has 7 nitrogen and oxygen atoms in total. The minimum absolute atomic E-state index is 0.149. The highest BCUT2D eigenvalue weighted by molar-refractivity contribution is 7.11. The van der Waals surface area contributed by atoms with Crippen LogP contribution < -0.4 is 16.0 Å². The van der Waals surface area contributed by atoms with E-state index in [2.05, 4.69) is 20.9 Å². The predicted molar refractivity (Wildman–Crippen MR) is 77.8 cm³/mol. The van der Waals surface area contributed by atoms with Crippen molar-refractivity contribution in [3.63, 3.8) is 0 Å². The monoisotopic (exact) mass is 310 g/mol. The Labute approximate surface area is 126 Å². The smallest absolute Gasteiger partial charge is 0.322 e. The number of urea groups is 1. The number of nitrogens with one attached hydrogen (secondary N) is 3. The molecule has 2 rings (SSSR count). The van der Waals surface area contributed by atoms with Crippen molar-refractivity contribution in [1.29, 1.82) is 0 Å². The van der Waals surface area contributed by atoms with Gasteiger partial charge < -0.3 is 10.6 Å². The molecule has 1 atom stereocenters. The number of carbonyl (C=O) groups is 3. The summed E-state index contributed by atoms with van der Waals surface area (Å²) in [6.45, 7) is 4.33. The number of amides is 4. The molecule has 1 aliphatic rings. The van der Waals surface area contributed by atoms with Crippen LogP contribution in [0.4, 0.5) is 4.79 Å². The first-order valence-corrected chi connectivity index (χ1v) is 7.64. The lowest BCUT2D eigenvalue weighted by Crippen LogP contribution is -2.48. The van der Waals surface area contributed by atoms with Gasteiger partial charge in [-0.1, -0.05) is 6.92 Å². The van der Waals surface area contributed by atoms with Crippen molar-refractivity contribution in [3.05, 3.63) is 15.6 Å². The number of thiazole rings is 1. The van der Waals surface area contributed by atoms with Crippen LogP contribution in [0.25, 0.3) is 0 Å². The standard InChI is InChI=1S/C13H18N4O3S/c1-3-11-15-7(2)9(21-11)6-14-12(19)8-4-5-10(18)17-13(20)16-8/h8H,3-6H2,1-2H3,(H,14,19)(H2,16,17,18,20)/t8-/m1/s1. The predicted octanol–water partition coefficient (Wildman–Crippen LogP) is 0.618. The zero-order valence-corrected chi connectivity index (χ0v) is 12.8. The molecule has 1 aromatic rings. The van der Waals surface area contributed by atoms with Gasteiger partial charge in [0.2, 0.25) is 11.8 Å². The van der Waals surface area contributed by atoms with Crippen molar-refractivity contribution in [2.24, 2.45) is 0 Å². The molecular formula is C13H18N4O3S. The van der Waals surface area contributed by atoms with Crippen LogP contribution in [0.1, 0.15) is 35.3 Å². The summed E-state index contributed by atoms with van der Waals surface area (Å²) in [5, 5.41) is 8.45. The zero-order valence-electron chi connectivity index (χ0n) is 12.0. The van der Waals surface area contributed by atoms with Gasteiger partial charge in [0.1, 0.15) is 6.04 Å². The fourth-order valence-electron chi connectivity index (χ4n) is 2.02. The van der Waals surface area contributed by atoms with Crippen molar-refractivity contribution in [3.8, 4) is 0 Å². The third-order valence-corrected chi connectivity index (χ3v) is 4.50. The van der Waals surface area contributed by atoms with Gasteiger partial charge in [-0.2, -0.15) is 0 Å². The number of aromatic nitrogens is 1. The second-order valence-corrected chi connectivity index (χ2v) is 5.97. The Balaban J connectivity index is 1.93. The van der Waals surface area contributed by atoms with Crippen molar-refractivity contribution in [2.45, 2.75) is 45.7 Å². The van der Waals surface area contributed by atoms with Gasteiger partial charge in [-0.15, -0.1) is 11.3 Å². The van der Waals surface area contributed by atoms with E-state index in [0.29, 0.717) is 13.0 Å². The van der Waals surface area contributed by atoms with Crippen LogP contribution in [0.2, 0.25) is 0 Å². The summed E-state index contributed by atoms with van der Waals surface area (Å²) in [5.41, 5.74) is 0.916. The zero-order chi connectivity index (χ0) is 15.4. The molecule has 0 radical (unpaired) electrons. The molecule has 0 saturated carbocycles. The van der Waals surface area contributed by atoms with Crippen LogP contribution in [0.5, 0.6) is 0 Å². The molecule has 4 amide bonds. The first kappa shape index (κ1) is 15.4. The summed E-state index contributed by atoms with van der Waals surface area (Å²) in [7, 11) is 0.